The number of nitrogens with zero attached hydrogens (tertiary/aromatic N) is 8. The highest BCUT2D eigenvalue weighted by atomic mass is 32.1. The van der Waals surface area contributed by atoms with E-state index in [1.807, 2.05) is 84.9 Å². The summed E-state index contributed by atoms with van der Waals surface area (Å²) in [6.45, 7) is -3.24. The molecule has 4 aromatic carbocycles. The van der Waals surface area contributed by atoms with Gasteiger partial charge in [-0.25, -0.2) is 0 Å². The fourth-order valence-corrected chi connectivity index (χ4v) is 10.6. The molecule has 8 N–H and O–H groups in total. The molecule has 0 aliphatic heterocycles. The van der Waals surface area contributed by atoms with E-state index in [9.17, 15) is 77.6 Å². The number of Topliss-reactive ketones (excluding diaryl/α,β-unsaturated/α-hetero) is 1. The van der Waals surface area contributed by atoms with Gasteiger partial charge in [-0.1, -0.05) is 122 Å². The average Bonchev–Trinajstić information content (AvgIpc) is 0.870. The SMILES string of the molecule is CCC(=O)N(CCCCN)CC(=O)N(CCCCN)CC(=O)NC(CS)C(=O)N(CCC(=O)O)CC(=O)N(CCc1ccccc1)CC(=O)N(CCC(=O)O)CC(=O)N(CCc1ccc(-c2ccccc2)cc1)CC(=O)N(CCC(=O)O)CC(=O)N(CCc1ccccc1)CC(C)=O. The Morgan fingerprint density at radius 3 is 1.06 bits per heavy atom. The van der Waals surface area contributed by atoms with Crippen molar-refractivity contribution in [2.24, 2.45) is 11.5 Å². The Morgan fingerprint density at radius 2 is 0.704 bits per heavy atom. The molecule has 0 spiro atoms. The maximum atomic E-state index is 14.9. The molecule has 0 heterocycles. The van der Waals surface area contributed by atoms with Crippen LogP contribution in [-0.2, 0) is 81.6 Å². The van der Waals surface area contributed by atoms with E-state index in [1.54, 1.807) is 37.3 Å². The van der Waals surface area contributed by atoms with E-state index >= 15 is 0 Å². The fraction of sp³-hybridized carbons (Fsp3) is 0.471. The first-order chi connectivity index (χ1) is 46.9. The average molecular weight is 1380 g/mol. The van der Waals surface area contributed by atoms with Gasteiger partial charge in [0.2, 0.25) is 53.2 Å². The van der Waals surface area contributed by atoms with Crippen molar-refractivity contribution >= 4 is 89.5 Å². The molecular weight excluding hydrogens is 1280 g/mol. The molecule has 98 heavy (non-hydrogen) atoms. The third kappa shape index (κ3) is 30.3. The molecule has 27 nitrogen and oxygen atoms in total. The molecule has 0 aliphatic rings. The predicted molar refractivity (Wildman–Crippen MR) is 369 cm³/mol. The summed E-state index contributed by atoms with van der Waals surface area (Å²) in [7, 11) is 0. The Kier molecular flexibility index (Phi) is 36.6. The highest BCUT2D eigenvalue weighted by Crippen LogP contribution is 2.20. The minimum atomic E-state index is -1.50. The molecule has 1 atom stereocenters. The number of amides is 9. The van der Waals surface area contributed by atoms with Crippen molar-refractivity contribution in [1.82, 2.24) is 44.5 Å². The van der Waals surface area contributed by atoms with Gasteiger partial charge in [-0.15, -0.1) is 0 Å². The number of carbonyl (C=O) groups excluding carboxylic acids is 10. The molecule has 9 amide bonds. The second-order valence-corrected chi connectivity index (χ2v) is 23.9. The number of unbranched alkanes of at least 4 members (excludes halogenated alkanes) is 2. The molecule has 532 valence electrons. The van der Waals surface area contributed by atoms with Crippen LogP contribution in [0.4, 0.5) is 0 Å². The summed E-state index contributed by atoms with van der Waals surface area (Å²) >= 11 is 4.33. The summed E-state index contributed by atoms with van der Waals surface area (Å²) in [5, 5.41) is 32.1. The lowest BCUT2D eigenvalue weighted by Gasteiger charge is -2.32. The molecule has 0 saturated carbocycles. The number of nitrogens with two attached hydrogens (primary N) is 2. The number of hydrogen-bond acceptors (Lipinski definition) is 16. The van der Waals surface area contributed by atoms with Crippen molar-refractivity contribution in [2.45, 2.75) is 90.5 Å². The number of carbonyl (C=O) groups is 13. The lowest BCUT2D eigenvalue weighted by molar-refractivity contribution is -0.149. The summed E-state index contributed by atoms with van der Waals surface area (Å²) in [5.41, 5.74) is 15.5. The highest BCUT2D eigenvalue weighted by molar-refractivity contribution is 7.80. The largest absolute Gasteiger partial charge is 0.481 e. The molecule has 4 aromatic rings. The minimum Gasteiger partial charge on any atom is -0.481 e. The van der Waals surface area contributed by atoms with Gasteiger partial charge in [-0.2, -0.15) is 12.6 Å². The van der Waals surface area contributed by atoms with E-state index in [0.717, 1.165) is 41.2 Å². The third-order valence-electron chi connectivity index (χ3n) is 15.9. The van der Waals surface area contributed by atoms with Crippen LogP contribution in [0.2, 0.25) is 0 Å². The number of carboxylic acids is 3. The van der Waals surface area contributed by atoms with Crippen LogP contribution in [0.15, 0.2) is 115 Å². The quantitative estimate of drug-likeness (QED) is 0.0246. The summed E-state index contributed by atoms with van der Waals surface area (Å²) < 4.78 is 0. The van der Waals surface area contributed by atoms with E-state index in [1.165, 1.54) is 21.6 Å². The Morgan fingerprint density at radius 1 is 0.388 bits per heavy atom. The first kappa shape index (κ1) is 80.9. The van der Waals surface area contributed by atoms with E-state index in [4.69, 9.17) is 11.5 Å². The smallest absolute Gasteiger partial charge is 0.305 e. The van der Waals surface area contributed by atoms with Crippen LogP contribution in [0.1, 0.15) is 81.9 Å². The molecule has 28 heteroatoms. The van der Waals surface area contributed by atoms with Gasteiger partial charge in [0.1, 0.15) is 11.8 Å². The first-order valence-electron chi connectivity index (χ1n) is 32.9. The van der Waals surface area contributed by atoms with Crippen LogP contribution in [-0.4, -0.2) is 261 Å². The standard InChI is InChI=1S/C70H95N11O16S/c1-3-60(84)75(36-16-14-34-72)45-61(85)74(35-15-13-33-71)44-59(83)73-58(51-98)70(97)81(42-32-69(95)96)50-66(90)78(38-28-54-19-9-5-10-20-54)48-65(89)80(41-31-68(93)94)49-63(87)77(39-29-55-23-25-57(26-24-55)56-21-11-6-12-22-56)47-64(88)79(40-30-67(91)92)46-62(86)76(43-52(2)82)37-27-53-17-7-4-8-18-53/h4-12,17-26,58,98H,3,13-16,27-51,71-72H2,1-2H3,(H,73,83)(H,91,92)(H,93,94)(H,95,96). The number of rotatable bonds is 47. The van der Waals surface area contributed by atoms with Gasteiger partial charge in [0.15, 0.2) is 0 Å². The molecular formula is C70H95N11O16S. The van der Waals surface area contributed by atoms with E-state index in [2.05, 4.69) is 17.9 Å². The van der Waals surface area contributed by atoms with Gasteiger partial charge < -0.3 is 71.3 Å². The Hall–Kier alpha value is -9.54. The van der Waals surface area contributed by atoms with Crippen molar-refractivity contribution in [1.29, 1.82) is 0 Å². The summed E-state index contributed by atoms with van der Waals surface area (Å²) in [5.74, 6) is -11.6. The van der Waals surface area contributed by atoms with Crippen LogP contribution >= 0.6 is 12.6 Å². The second kappa shape index (κ2) is 44.3. The number of ketones is 1. The Balaban J connectivity index is 1.68. The van der Waals surface area contributed by atoms with Crippen LogP contribution < -0.4 is 16.8 Å². The fourth-order valence-electron chi connectivity index (χ4n) is 10.4. The highest BCUT2D eigenvalue weighted by Gasteiger charge is 2.33. The molecule has 0 bridgehead atoms. The number of hydrogen-bond donors (Lipinski definition) is 7. The zero-order valence-electron chi connectivity index (χ0n) is 56.1. The lowest BCUT2D eigenvalue weighted by atomic mass is 10.0. The summed E-state index contributed by atoms with van der Waals surface area (Å²) in [4.78, 5) is 186. The zero-order chi connectivity index (χ0) is 71.9. The van der Waals surface area contributed by atoms with Crippen LogP contribution in [0, 0.1) is 0 Å². The summed E-state index contributed by atoms with van der Waals surface area (Å²) in [6.07, 6.45) is 0.760. The topological polar surface area (TPSA) is 373 Å². The van der Waals surface area contributed by atoms with Gasteiger partial charge in [0, 0.05) is 64.5 Å². The monoisotopic (exact) mass is 1380 g/mol. The Bertz CT molecular complexity index is 3260. The maximum absolute atomic E-state index is 14.9. The zero-order valence-corrected chi connectivity index (χ0v) is 57.0. The van der Waals surface area contributed by atoms with Gasteiger partial charge in [0.05, 0.1) is 71.6 Å². The number of nitrogens with one attached hydrogen (secondary N) is 1. The molecule has 0 saturated heterocycles. The van der Waals surface area contributed by atoms with Gasteiger partial charge >= 0.3 is 17.9 Å². The lowest BCUT2D eigenvalue weighted by Crippen LogP contribution is -2.55. The van der Waals surface area contributed by atoms with Crippen molar-refractivity contribution < 1.29 is 77.6 Å². The van der Waals surface area contributed by atoms with Crippen molar-refractivity contribution in [3.8, 4) is 11.1 Å². The number of aliphatic carboxylic acids is 3. The van der Waals surface area contributed by atoms with Crippen LogP contribution in [0.3, 0.4) is 0 Å². The normalized spacial score (nSPS) is 11.1. The second-order valence-electron chi connectivity index (χ2n) is 23.5. The van der Waals surface area contributed by atoms with E-state index in [0.29, 0.717) is 49.8 Å². The number of carboxylic acid groups (broad SMARTS) is 3. The molecule has 0 aromatic heterocycles. The van der Waals surface area contributed by atoms with Crippen LogP contribution in [0.5, 0.6) is 0 Å². The van der Waals surface area contributed by atoms with E-state index in [-0.39, 0.29) is 89.1 Å². The molecule has 0 radical (unpaired) electrons. The van der Waals surface area contributed by atoms with Gasteiger partial charge in [-0.3, -0.25) is 62.3 Å². The predicted octanol–water partition coefficient (Wildman–Crippen LogP) is 2.33. The third-order valence-corrected chi connectivity index (χ3v) is 16.3. The van der Waals surface area contributed by atoms with Crippen molar-refractivity contribution in [3.05, 3.63) is 132 Å². The van der Waals surface area contributed by atoms with Gasteiger partial charge in [0.25, 0.3) is 0 Å². The number of thiol groups is 1. The van der Waals surface area contributed by atoms with E-state index < -0.39 is 149 Å². The molecule has 1 unspecified atom stereocenters. The number of benzene rings is 4. The Labute approximate surface area is 577 Å². The molecule has 4 rings (SSSR count). The minimum absolute atomic E-state index is 0.0692. The van der Waals surface area contributed by atoms with Crippen molar-refractivity contribution in [2.75, 3.05) is 124 Å². The van der Waals surface area contributed by atoms with Gasteiger partial charge in [-0.05, 0) is 92.8 Å². The maximum Gasteiger partial charge on any atom is 0.305 e. The van der Waals surface area contributed by atoms with Crippen molar-refractivity contribution in [3.63, 3.8) is 0 Å². The first-order valence-corrected chi connectivity index (χ1v) is 33.5. The molecule has 0 aliphatic carbocycles. The van der Waals surface area contributed by atoms with Crippen LogP contribution in [0.25, 0.3) is 11.1 Å². The summed E-state index contributed by atoms with van der Waals surface area (Å²) in [6, 6.07) is 33.3. The molecule has 0 fully saturated rings.